The fraction of sp³-hybridized carbons (Fsp3) is 0.343. The van der Waals surface area contributed by atoms with Gasteiger partial charge in [0.2, 0.25) is 11.1 Å². The Hall–Kier alpha value is -3.25. The molecule has 1 atom stereocenters. The SMILES string of the molecule is CCOc1cc(C2C(C(=O)OC3CCCCC3)=C(C)Nc3nc(SCc4ccccc4F)nn32)cc(Br)c1OCc1ccc(Cl)cc1Cl. The van der Waals surface area contributed by atoms with Crippen LogP contribution in [-0.4, -0.2) is 33.4 Å². The molecule has 6 rings (SSSR count). The van der Waals surface area contributed by atoms with E-state index >= 15 is 0 Å². The zero-order valence-corrected chi connectivity index (χ0v) is 30.3. The summed E-state index contributed by atoms with van der Waals surface area (Å²) < 4.78 is 35.1. The van der Waals surface area contributed by atoms with E-state index in [4.69, 9.17) is 47.5 Å². The Labute approximate surface area is 301 Å². The van der Waals surface area contributed by atoms with E-state index < -0.39 is 12.0 Å². The van der Waals surface area contributed by atoms with Crippen molar-refractivity contribution < 1.29 is 23.4 Å². The van der Waals surface area contributed by atoms with Gasteiger partial charge in [-0.15, -0.1) is 5.10 Å². The van der Waals surface area contributed by atoms with Crippen molar-refractivity contribution in [3.8, 4) is 11.5 Å². The Morgan fingerprint density at radius 2 is 1.88 bits per heavy atom. The van der Waals surface area contributed by atoms with E-state index in [-0.39, 0.29) is 18.5 Å². The van der Waals surface area contributed by atoms with Gasteiger partial charge in [0.05, 0.1) is 16.7 Å². The van der Waals surface area contributed by atoms with Gasteiger partial charge in [0.1, 0.15) is 24.6 Å². The van der Waals surface area contributed by atoms with Gasteiger partial charge in [-0.25, -0.2) is 13.9 Å². The first-order valence-electron chi connectivity index (χ1n) is 15.8. The average Bonchev–Trinajstić information content (AvgIpc) is 3.47. The van der Waals surface area contributed by atoms with Crippen LogP contribution in [0.4, 0.5) is 10.3 Å². The standard InChI is InChI=1S/C35H34BrCl2FN4O4S/c1-3-45-29-16-23(15-26(36)32(29)46-18-21-13-14-24(37)17-27(21)38)31-30(33(44)47-25-10-5-4-6-11-25)20(2)40-34-41-35(42-43(31)34)48-19-22-9-7-8-12-28(22)39/h7-9,12-17,25,31H,3-6,10-11,18-19H2,1-2H3,(H,40,41,42). The first kappa shape index (κ1) is 34.6. The van der Waals surface area contributed by atoms with Crippen molar-refractivity contribution in [2.75, 3.05) is 11.9 Å². The molecule has 3 aromatic carbocycles. The molecular formula is C35H34BrCl2FN4O4S. The monoisotopic (exact) mass is 774 g/mol. The van der Waals surface area contributed by atoms with Crippen LogP contribution in [0.5, 0.6) is 11.5 Å². The molecule has 1 aliphatic carbocycles. The predicted octanol–water partition coefficient (Wildman–Crippen LogP) is 9.92. The molecule has 13 heteroatoms. The molecule has 0 saturated heterocycles. The van der Waals surface area contributed by atoms with Crippen LogP contribution in [0.15, 0.2) is 75.5 Å². The quantitative estimate of drug-likeness (QED) is 0.119. The van der Waals surface area contributed by atoms with E-state index in [0.717, 1.165) is 37.7 Å². The van der Waals surface area contributed by atoms with Crippen molar-refractivity contribution in [3.05, 3.63) is 103 Å². The number of thioether (sulfide) groups is 1. The molecule has 2 heterocycles. The summed E-state index contributed by atoms with van der Waals surface area (Å²) in [5.74, 6) is 1.05. The summed E-state index contributed by atoms with van der Waals surface area (Å²) in [6.45, 7) is 4.27. The number of carbonyl (C=O) groups excluding carboxylic acids is 1. The molecule has 1 fully saturated rings. The molecule has 1 unspecified atom stereocenters. The smallest absolute Gasteiger partial charge is 0.338 e. The van der Waals surface area contributed by atoms with Gasteiger partial charge < -0.3 is 19.5 Å². The summed E-state index contributed by atoms with van der Waals surface area (Å²) in [6, 6.07) is 14.9. The number of fused-ring (bicyclic) bond motifs is 1. The lowest BCUT2D eigenvalue weighted by atomic mass is 9.94. The number of nitrogens with zero attached hydrogens (tertiary/aromatic N) is 3. The molecule has 1 aliphatic heterocycles. The van der Waals surface area contributed by atoms with E-state index in [1.165, 1.54) is 17.8 Å². The molecule has 0 spiro atoms. The van der Waals surface area contributed by atoms with Crippen LogP contribution in [0, 0.1) is 5.82 Å². The minimum absolute atomic E-state index is 0.141. The number of hydrogen-bond donors (Lipinski definition) is 1. The van der Waals surface area contributed by atoms with Crippen molar-refractivity contribution in [2.24, 2.45) is 0 Å². The molecule has 1 N–H and O–H groups in total. The first-order chi connectivity index (χ1) is 23.2. The van der Waals surface area contributed by atoms with E-state index in [2.05, 4.69) is 21.2 Å². The number of nitrogens with one attached hydrogen (secondary N) is 1. The molecule has 48 heavy (non-hydrogen) atoms. The lowest BCUT2D eigenvalue weighted by Gasteiger charge is -2.30. The van der Waals surface area contributed by atoms with Crippen molar-refractivity contribution in [3.63, 3.8) is 0 Å². The fourth-order valence-corrected chi connectivity index (χ4v) is 7.71. The van der Waals surface area contributed by atoms with Crippen LogP contribution in [0.2, 0.25) is 10.0 Å². The first-order valence-corrected chi connectivity index (χ1v) is 18.3. The van der Waals surface area contributed by atoms with Gasteiger partial charge in [-0.2, -0.15) is 4.98 Å². The Kier molecular flexibility index (Phi) is 11.2. The number of anilines is 1. The minimum atomic E-state index is -0.706. The second-order valence-corrected chi connectivity index (χ2v) is 14.2. The number of carbonyl (C=O) groups is 1. The number of esters is 1. The number of halogens is 4. The Morgan fingerprint density at radius 3 is 2.62 bits per heavy atom. The molecule has 252 valence electrons. The van der Waals surface area contributed by atoms with Crippen molar-refractivity contribution in [1.29, 1.82) is 0 Å². The number of hydrogen-bond acceptors (Lipinski definition) is 8. The number of aromatic nitrogens is 3. The maximum absolute atomic E-state index is 14.4. The summed E-state index contributed by atoms with van der Waals surface area (Å²) >= 11 is 17.5. The summed E-state index contributed by atoms with van der Waals surface area (Å²) in [6.07, 6.45) is 4.73. The van der Waals surface area contributed by atoms with E-state index in [1.54, 1.807) is 35.0 Å². The van der Waals surface area contributed by atoms with Crippen LogP contribution in [-0.2, 0) is 21.9 Å². The lowest BCUT2D eigenvalue weighted by molar-refractivity contribution is -0.146. The van der Waals surface area contributed by atoms with E-state index in [1.807, 2.05) is 32.0 Å². The van der Waals surface area contributed by atoms with Crippen LogP contribution >= 0.6 is 50.9 Å². The minimum Gasteiger partial charge on any atom is -0.490 e. The van der Waals surface area contributed by atoms with Crippen LogP contribution in [0.3, 0.4) is 0 Å². The van der Waals surface area contributed by atoms with Crippen molar-refractivity contribution in [1.82, 2.24) is 14.8 Å². The third kappa shape index (κ3) is 7.80. The van der Waals surface area contributed by atoms with E-state index in [0.29, 0.717) is 71.9 Å². The van der Waals surface area contributed by atoms with Crippen molar-refractivity contribution >= 4 is 62.8 Å². The second kappa shape index (κ2) is 15.5. The Morgan fingerprint density at radius 1 is 1.08 bits per heavy atom. The third-order valence-electron chi connectivity index (χ3n) is 8.23. The highest BCUT2D eigenvalue weighted by Gasteiger charge is 2.37. The Balaban J connectivity index is 1.36. The second-order valence-electron chi connectivity index (χ2n) is 11.6. The highest BCUT2D eigenvalue weighted by molar-refractivity contribution is 9.10. The third-order valence-corrected chi connectivity index (χ3v) is 10.3. The number of ether oxygens (including phenoxy) is 3. The molecule has 2 aliphatic rings. The van der Waals surface area contributed by atoms with Crippen LogP contribution in [0.1, 0.15) is 68.7 Å². The lowest BCUT2D eigenvalue weighted by Crippen LogP contribution is -2.32. The summed E-state index contributed by atoms with van der Waals surface area (Å²) in [4.78, 5) is 18.7. The highest BCUT2D eigenvalue weighted by Crippen LogP contribution is 2.44. The van der Waals surface area contributed by atoms with Gasteiger partial charge in [0.25, 0.3) is 0 Å². The Bertz CT molecular complexity index is 1850. The van der Waals surface area contributed by atoms with E-state index in [9.17, 15) is 9.18 Å². The number of rotatable bonds is 11. The van der Waals surface area contributed by atoms with Gasteiger partial charge in [-0.1, -0.05) is 65.7 Å². The van der Waals surface area contributed by atoms with Crippen LogP contribution in [0.25, 0.3) is 0 Å². The molecule has 4 aromatic rings. The molecule has 0 radical (unpaired) electrons. The van der Waals surface area contributed by atoms with Gasteiger partial charge in [-0.3, -0.25) is 0 Å². The van der Waals surface area contributed by atoms with Gasteiger partial charge in [0.15, 0.2) is 11.5 Å². The molecule has 8 nitrogen and oxygen atoms in total. The number of benzene rings is 3. The largest absolute Gasteiger partial charge is 0.490 e. The van der Waals surface area contributed by atoms with Gasteiger partial charge in [-0.05, 0) is 96.9 Å². The van der Waals surface area contributed by atoms with Gasteiger partial charge in [0, 0.05) is 27.1 Å². The zero-order valence-electron chi connectivity index (χ0n) is 26.4. The fourth-order valence-electron chi connectivity index (χ4n) is 5.86. The van der Waals surface area contributed by atoms with Crippen LogP contribution < -0.4 is 14.8 Å². The van der Waals surface area contributed by atoms with Crippen molar-refractivity contribution in [2.45, 2.75) is 75.6 Å². The molecule has 0 bridgehead atoms. The summed E-state index contributed by atoms with van der Waals surface area (Å²) in [5, 5.41) is 9.54. The maximum Gasteiger partial charge on any atom is 0.338 e. The molecule has 0 amide bonds. The highest BCUT2D eigenvalue weighted by atomic mass is 79.9. The summed E-state index contributed by atoms with van der Waals surface area (Å²) in [5.41, 5.74) is 3.04. The zero-order chi connectivity index (χ0) is 33.8. The summed E-state index contributed by atoms with van der Waals surface area (Å²) in [7, 11) is 0. The molecular weight excluding hydrogens is 742 g/mol. The average molecular weight is 777 g/mol. The maximum atomic E-state index is 14.4. The predicted molar refractivity (Wildman–Crippen MR) is 190 cm³/mol. The topological polar surface area (TPSA) is 87.5 Å². The molecule has 1 aromatic heterocycles. The normalized spacial score (nSPS) is 16.3. The molecule has 1 saturated carbocycles. The number of allylic oxidation sites excluding steroid dienone is 1. The van der Waals surface area contributed by atoms with Gasteiger partial charge >= 0.3 is 5.97 Å².